The number of carbonyl (C=O) groups is 8. The lowest BCUT2D eigenvalue weighted by molar-refractivity contribution is -0.115. The fourth-order valence-electron chi connectivity index (χ4n) is 9.86. The number of aromatic nitrogens is 6. The lowest BCUT2D eigenvalue weighted by Gasteiger charge is -2.25. The van der Waals surface area contributed by atoms with Crippen molar-refractivity contribution in [2.24, 2.45) is 0 Å². The predicted octanol–water partition coefficient (Wildman–Crippen LogP) is 15.8. The number of carboxylic acid groups (broad SMARTS) is 3. The second kappa shape index (κ2) is 42.4. The number of likely N-dealkylation sites (N-methyl/N-ethyl adjacent to an activating group) is 1. The van der Waals surface area contributed by atoms with E-state index >= 15 is 0 Å². The van der Waals surface area contributed by atoms with E-state index in [1.54, 1.807) is 91.4 Å². The Bertz CT molecular complexity index is 5080. The molecule has 3 aromatic heterocycles. The zero-order valence-electron chi connectivity index (χ0n) is 59.3. The van der Waals surface area contributed by atoms with Gasteiger partial charge in [-0.25, -0.2) is 44.3 Å². The van der Waals surface area contributed by atoms with Crippen LogP contribution in [0, 0.1) is 0 Å². The maximum absolute atomic E-state index is 12.8. The van der Waals surface area contributed by atoms with Crippen LogP contribution in [0.3, 0.4) is 0 Å². The molecule has 4 amide bonds. The van der Waals surface area contributed by atoms with Gasteiger partial charge in [-0.1, -0.05) is 102 Å². The second-order valence-electron chi connectivity index (χ2n) is 23.2. The van der Waals surface area contributed by atoms with E-state index in [1.807, 2.05) is 48.5 Å². The SMILES string of the molecule is CC(=O)Nc1ccc(-c2ccnc(Cl)n2)cc1.CC(=O)Nc1ccc(-c2ccnc(Nc3ccc(C(=O)O)c(N)c3)n2)cc1.CC(=O)Nc1ccc(-c2ccnc(Nc3ccc(C(=O)O)c(NC(=O)c4c(Cl)cccc4Cl)c3)n2)cc1.CCN1CCNCC1.Nc1cc(N)cc(C(=O)O)c1.O=C(Cl)c1c(Cl)cccc1Cl. The molecular formula is C77H71Cl6N17O11. The summed E-state index contributed by atoms with van der Waals surface area (Å²) in [5.74, 6) is -3.79. The number of hydrogen-bond acceptors (Lipinski definition) is 21. The molecule has 16 N–H and O–H groups in total. The molecule has 0 bridgehead atoms. The quantitative estimate of drug-likeness (QED) is 0.0229. The first-order chi connectivity index (χ1) is 52.9. The molecule has 0 radical (unpaired) electrons. The first kappa shape index (κ1) is 85.9. The van der Waals surface area contributed by atoms with Crippen molar-refractivity contribution in [3.05, 3.63) is 254 Å². The Morgan fingerprint density at radius 2 is 0.838 bits per heavy atom. The molecule has 1 saturated heterocycles. The van der Waals surface area contributed by atoms with Crippen molar-refractivity contribution in [3.63, 3.8) is 0 Å². The maximum Gasteiger partial charge on any atom is 0.337 e. The van der Waals surface area contributed by atoms with Crippen LogP contribution in [-0.4, -0.2) is 130 Å². The van der Waals surface area contributed by atoms with Crippen LogP contribution >= 0.6 is 69.6 Å². The summed E-state index contributed by atoms with van der Waals surface area (Å²) in [5, 5.41) is 47.6. The van der Waals surface area contributed by atoms with Gasteiger partial charge < -0.3 is 74.6 Å². The van der Waals surface area contributed by atoms with Crippen molar-refractivity contribution in [1.82, 2.24) is 40.1 Å². The number of nitrogen functional groups attached to an aromatic ring is 3. The zero-order valence-corrected chi connectivity index (χ0v) is 63.9. The van der Waals surface area contributed by atoms with Gasteiger partial charge in [-0.05, 0) is 163 Å². The van der Waals surface area contributed by atoms with Crippen LogP contribution in [0.1, 0.15) is 79.5 Å². The third kappa shape index (κ3) is 27.7. The topological polar surface area (TPSA) is 440 Å². The largest absolute Gasteiger partial charge is 0.478 e. The number of amides is 4. The highest BCUT2D eigenvalue weighted by Crippen LogP contribution is 2.31. The van der Waals surface area contributed by atoms with Gasteiger partial charge in [0.2, 0.25) is 34.9 Å². The van der Waals surface area contributed by atoms with Crippen LogP contribution in [0.2, 0.25) is 25.4 Å². The third-order valence-corrected chi connectivity index (χ3v) is 16.6. The minimum absolute atomic E-state index is 0.0288. The van der Waals surface area contributed by atoms with Crippen molar-refractivity contribution in [1.29, 1.82) is 0 Å². The molecule has 0 unspecified atom stereocenters. The summed E-state index contributed by atoms with van der Waals surface area (Å²) in [6.45, 7) is 12.6. The first-order valence-corrected chi connectivity index (χ1v) is 35.2. The van der Waals surface area contributed by atoms with E-state index in [-0.39, 0.29) is 88.2 Å². The molecule has 1 fully saturated rings. The summed E-state index contributed by atoms with van der Waals surface area (Å²) in [5.41, 5.74) is 25.3. The smallest absolute Gasteiger partial charge is 0.337 e. The highest BCUT2D eigenvalue weighted by atomic mass is 35.5. The Labute approximate surface area is 666 Å². The molecule has 8 aromatic carbocycles. The summed E-state index contributed by atoms with van der Waals surface area (Å²) >= 11 is 34.4. The molecule has 28 nitrogen and oxygen atoms in total. The van der Waals surface area contributed by atoms with Crippen LogP contribution in [-0.2, 0) is 14.4 Å². The summed E-state index contributed by atoms with van der Waals surface area (Å²) in [4.78, 5) is 118. The predicted molar refractivity (Wildman–Crippen MR) is 436 cm³/mol. The number of aromatic carboxylic acids is 3. The number of nitrogens with two attached hydrogens (primary N) is 3. The number of benzene rings is 8. The molecule has 111 heavy (non-hydrogen) atoms. The normalized spacial score (nSPS) is 11.1. The average Bonchev–Trinajstić information content (AvgIpc) is 0.821. The van der Waals surface area contributed by atoms with Gasteiger partial charge >= 0.3 is 17.9 Å². The first-order valence-electron chi connectivity index (χ1n) is 33.0. The average molecular weight is 1620 g/mol. The van der Waals surface area contributed by atoms with Gasteiger partial charge in [-0.3, -0.25) is 24.0 Å². The summed E-state index contributed by atoms with van der Waals surface area (Å²) in [7, 11) is 0. The minimum Gasteiger partial charge on any atom is -0.478 e. The van der Waals surface area contributed by atoms with Gasteiger partial charge in [0.05, 0.1) is 70.7 Å². The molecule has 0 spiro atoms. The molecule has 11 aromatic rings. The summed E-state index contributed by atoms with van der Waals surface area (Å²) < 4.78 is 0. The lowest BCUT2D eigenvalue weighted by atomic mass is 10.1. The van der Waals surface area contributed by atoms with Gasteiger partial charge in [0, 0.05) is 128 Å². The number of hydrogen-bond donors (Lipinski definition) is 13. The van der Waals surface area contributed by atoms with Gasteiger partial charge in [0.25, 0.3) is 11.1 Å². The van der Waals surface area contributed by atoms with E-state index in [9.17, 15) is 43.5 Å². The van der Waals surface area contributed by atoms with E-state index in [1.165, 1.54) is 114 Å². The van der Waals surface area contributed by atoms with E-state index in [2.05, 4.69) is 78.9 Å². The van der Waals surface area contributed by atoms with Crippen LogP contribution in [0.15, 0.2) is 201 Å². The number of piperazine rings is 1. The van der Waals surface area contributed by atoms with Gasteiger partial charge in [0.1, 0.15) is 0 Å². The highest BCUT2D eigenvalue weighted by molar-refractivity contribution is 6.70. The number of halogens is 6. The number of carbonyl (C=O) groups excluding carboxylic acids is 5. The number of anilines is 11. The van der Waals surface area contributed by atoms with Gasteiger partial charge in [-0.15, -0.1) is 0 Å². The zero-order chi connectivity index (χ0) is 80.8. The summed E-state index contributed by atoms with van der Waals surface area (Å²) in [6, 6.07) is 49.5. The number of nitrogens with zero attached hydrogens (tertiary/aromatic N) is 7. The standard InChI is InChI=1S/C26H19Cl2N5O4.C19H17N5O3.C12H10ClN3O.C7H3Cl3O.C7H8N2O2.C6H14N2/c1-14(34)30-16-7-5-15(6-8-16)21-11-12-29-26(33-21)31-17-9-10-18(25(36)37)22(13-17)32-24(35)23-19(27)3-2-4-20(23)28;1-11(25)22-13-4-2-12(3-5-13)17-8-9-21-19(24-17)23-14-6-7-15(18(26)27)16(20)10-14;1-8(17)15-10-4-2-9(3-5-10)11-6-7-14-12(13)16-11;8-4-2-1-3-5(9)6(4)7(10)11;8-5-1-4(7(10)11)2-6(9)3-5;1-2-8-5-3-7-4-6-8/h2-13H,1H3,(H,30,34)(H,32,35)(H,36,37)(H,29,31,33);2-10H,20H2,1H3,(H,22,25)(H,26,27)(H,21,23,24);2-7H,1H3,(H,15,17);1-3H;1-3H,8-9H2,(H,10,11);7H,2-6H2,1H3. The third-order valence-electron chi connectivity index (χ3n) is 15.0. The van der Waals surface area contributed by atoms with Gasteiger partial charge in [-0.2, -0.15) is 0 Å². The second-order valence-corrected chi connectivity index (χ2v) is 25.5. The molecule has 12 rings (SSSR count). The molecule has 1 aliphatic heterocycles. The Kier molecular flexibility index (Phi) is 32.8. The van der Waals surface area contributed by atoms with Crippen LogP contribution in [0.25, 0.3) is 33.8 Å². The van der Waals surface area contributed by atoms with Crippen LogP contribution in [0.4, 0.5) is 63.1 Å². The van der Waals surface area contributed by atoms with E-state index in [4.69, 9.17) is 97.0 Å². The van der Waals surface area contributed by atoms with Crippen molar-refractivity contribution in [2.45, 2.75) is 27.7 Å². The Morgan fingerprint density at radius 3 is 1.20 bits per heavy atom. The number of nitrogens with one attached hydrogen (secondary N) is 7. The minimum atomic E-state index is -1.23. The fraction of sp³-hybridized carbons (Fsp3) is 0.117. The molecule has 572 valence electrons. The molecular weight excluding hydrogens is 1550 g/mol. The lowest BCUT2D eigenvalue weighted by Crippen LogP contribution is -2.43. The van der Waals surface area contributed by atoms with Crippen molar-refractivity contribution < 1.29 is 53.7 Å². The maximum atomic E-state index is 12.8. The fourth-order valence-corrected chi connectivity index (χ4v) is 11.4. The molecule has 34 heteroatoms. The summed E-state index contributed by atoms with van der Waals surface area (Å²) in [6.07, 6.45) is 4.79. The number of carboxylic acids is 3. The Balaban J connectivity index is 0.000000201. The Hall–Kier alpha value is -12.4. The van der Waals surface area contributed by atoms with E-state index < -0.39 is 29.1 Å². The van der Waals surface area contributed by atoms with Gasteiger partial charge in [0.15, 0.2) is 0 Å². The van der Waals surface area contributed by atoms with Crippen molar-refractivity contribution in [3.8, 4) is 33.8 Å². The van der Waals surface area contributed by atoms with Crippen LogP contribution in [0.5, 0.6) is 0 Å². The monoisotopic (exact) mass is 1620 g/mol. The van der Waals surface area contributed by atoms with E-state index in [0.29, 0.717) is 51.5 Å². The number of rotatable bonds is 17. The molecule has 4 heterocycles. The molecule has 0 atom stereocenters. The van der Waals surface area contributed by atoms with Crippen LogP contribution < -0.4 is 54.4 Å². The van der Waals surface area contributed by atoms with Crippen molar-refractivity contribution in [2.75, 3.05) is 81.8 Å². The van der Waals surface area contributed by atoms with Crippen molar-refractivity contribution >= 4 is 179 Å². The van der Waals surface area contributed by atoms with E-state index in [0.717, 1.165) is 28.1 Å². The molecule has 1 aliphatic rings. The Morgan fingerprint density at radius 1 is 0.450 bits per heavy atom. The highest BCUT2D eigenvalue weighted by Gasteiger charge is 2.20. The molecule has 0 saturated carbocycles. The molecule has 0 aliphatic carbocycles.